The molecule has 0 spiro atoms. The van der Waals surface area contributed by atoms with Crippen LogP contribution in [0.4, 0.5) is 18.4 Å². The molecule has 4 N–H and O–H groups in total. The minimum Gasteiger partial charge on any atom is -0.453 e. The fourth-order valence-electron chi connectivity index (χ4n) is 9.89. The molecular formula is C47H52F2N8O7. The SMILES string of the molecule is COC(=O)NC(C(=O)N1CCC[C@H]1c1ncc(-c2ccc3c(c2)C(F)(F)c2cc(-c4ccc5nc([C@@H]6CCCN6C(=O)C(NC(=O)OC)C6CCOCC6)[nH]c5c4)ccc2-3)[nH]1)C(C)C. The number of benzene rings is 3. The van der Waals surface area contributed by atoms with Crippen LogP contribution in [0.15, 0.2) is 60.8 Å². The Hall–Kier alpha value is -6.36. The zero-order valence-electron chi connectivity index (χ0n) is 36.2. The molecule has 17 heteroatoms. The fraction of sp³-hybridized carbons (Fsp3) is 0.447. The van der Waals surface area contributed by atoms with E-state index >= 15 is 8.78 Å². The quantitative estimate of drug-likeness (QED) is 0.110. The molecule has 5 heterocycles. The largest absolute Gasteiger partial charge is 0.453 e. The monoisotopic (exact) mass is 878 g/mol. The Labute approximate surface area is 368 Å². The first-order chi connectivity index (χ1) is 30.9. The van der Waals surface area contributed by atoms with E-state index in [2.05, 4.69) is 25.6 Å². The number of halogens is 2. The molecule has 1 aliphatic carbocycles. The summed E-state index contributed by atoms with van der Waals surface area (Å²) in [6.45, 7) is 5.74. The second-order valence-corrected chi connectivity index (χ2v) is 17.4. The second kappa shape index (κ2) is 17.3. The van der Waals surface area contributed by atoms with E-state index in [1.54, 1.807) is 40.3 Å². The van der Waals surface area contributed by atoms with Gasteiger partial charge in [-0.25, -0.2) is 19.6 Å². The summed E-state index contributed by atoms with van der Waals surface area (Å²) in [6, 6.07) is 13.5. The van der Waals surface area contributed by atoms with Crippen molar-refractivity contribution in [3.63, 3.8) is 0 Å². The number of methoxy groups -OCH3 is 2. The van der Waals surface area contributed by atoms with Gasteiger partial charge in [0.05, 0.1) is 49.2 Å². The zero-order chi connectivity index (χ0) is 44.9. The smallest absolute Gasteiger partial charge is 0.407 e. The van der Waals surface area contributed by atoms with Crippen LogP contribution in [0.5, 0.6) is 0 Å². The minimum atomic E-state index is -3.29. The van der Waals surface area contributed by atoms with Crippen LogP contribution in [0.1, 0.15) is 87.2 Å². The zero-order valence-corrected chi connectivity index (χ0v) is 36.2. The summed E-state index contributed by atoms with van der Waals surface area (Å²) in [4.78, 5) is 71.8. The third kappa shape index (κ3) is 7.83. The first kappa shape index (κ1) is 42.9. The van der Waals surface area contributed by atoms with Crippen LogP contribution in [0.25, 0.3) is 44.5 Å². The maximum Gasteiger partial charge on any atom is 0.407 e. The van der Waals surface area contributed by atoms with Gasteiger partial charge in [-0.2, -0.15) is 8.78 Å². The molecule has 4 atom stereocenters. The van der Waals surface area contributed by atoms with Crippen molar-refractivity contribution in [2.24, 2.45) is 11.8 Å². The lowest BCUT2D eigenvalue weighted by molar-refractivity contribution is -0.137. The fourth-order valence-corrected chi connectivity index (χ4v) is 9.89. The van der Waals surface area contributed by atoms with Crippen molar-refractivity contribution < 1.29 is 42.2 Å². The number of nitrogens with zero attached hydrogens (tertiary/aromatic N) is 4. The third-order valence-corrected chi connectivity index (χ3v) is 13.3. The van der Waals surface area contributed by atoms with Crippen molar-refractivity contribution >= 4 is 35.0 Å². The number of hydrogen-bond donors (Lipinski definition) is 4. The number of alkyl halides is 2. The number of imidazole rings is 2. The van der Waals surface area contributed by atoms with Crippen molar-refractivity contribution in [2.45, 2.75) is 82.5 Å². The lowest BCUT2D eigenvalue weighted by atomic mass is 9.90. The van der Waals surface area contributed by atoms with E-state index in [1.165, 1.54) is 20.3 Å². The van der Waals surface area contributed by atoms with Crippen LogP contribution < -0.4 is 10.6 Å². The van der Waals surface area contributed by atoms with Gasteiger partial charge in [0.25, 0.3) is 5.92 Å². The van der Waals surface area contributed by atoms with Crippen molar-refractivity contribution in [1.29, 1.82) is 0 Å². The Morgan fingerprint density at radius 2 is 1.36 bits per heavy atom. The predicted octanol–water partition coefficient (Wildman–Crippen LogP) is 7.60. The highest BCUT2D eigenvalue weighted by Crippen LogP contribution is 2.53. The van der Waals surface area contributed by atoms with Gasteiger partial charge in [0.15, 0.2) is 0 Å². The number of H-pyrrole nitrogens is 2. The maximum absolute atomic E-state index is 16.6. The number of carbonyl (C=O) groups excluding carboxylic acids is 4. The van der Waals surface area contributed by atoms with Crippen LogP contribution >= 0.6 is 0 Å². The van der Waals surface area contributed by atoms with E-state index in [0.717, 1.165) is 18.4 Å². The number of amides is 4. The van der Waals surface area contributed by atoms with Gasteiger partial charge in [-0.1, -0.05) is 44.2 Å². The molecule has 3 saturated heterocycles. The Morgan fingerprint density at radius 1 is 0.766 bits per heavy atom. The summed E-state index contributed by atoms with van der Waals surface area (Å²) >= 11 is 0. The number of rotatable bonds is 10. The number of aromatic nitrogens is 4. The van der Waals surface area contributed by atoms with Crippen molar-refractivity contribution in [3.05, 3.63) is 83.6 Å². The van der Waals surface area contributed by atoms with Gasteiger partial charge >= 0.3 is 12.2 Å². The molecule has 3 aromatic carbocycles. The molecule has 2 unspecified atom stereocenters. The van der Waals surface area contributed by atoms with Gasteiger partial charge in [-0.3, -0.25) is 9.59 Å². The summed E-state index contributed by atoms with van der Waals surface area (Å²) in [7, 11) is 2.53. The molecule has 4 amide bonds. The number of likely N-dealkylation sites (tertiary alicyclic amines) is 2. The number of fused-ring (bicyclic) bond motifs is 4. The number of hydrogen-bond acceptors (Lipinski definition) is 9. The molecule has 5 aromatic rings. The number of aromatic amines is 2. The third-order valence-electron chi connectivity index (χ3n) is 13.3. The molecule has 9 rings (SSSR count). The lowest BCUT2D eigenvalue weighted by Gasteiger charge is -2.34. The molecule has 4 aliphatic rings. The lowest BCUT2D eigenvalue weighted by Crippen LogP contribution is -2.53. The topological polar surface area (TPSA) is 184 Å². The second-order valence-electron chi connectivity index (χ2n) is 17.4. The molecule has 0 saturated carbocycles. The Morgan fingerprint density at radius 3 is 2.03 bits per heavy atom. The van der Waals surface area contributed by atoms with Crippen LogP contribution in [0.3, 0.4) is 0 Å². The van der Waals surface area contributed by atoms with Gasteiger partial charge < -0.3 is 44.6 Å². The van der Waals surface area contributed by atoms with Crippen LogP contribution in [-0.4, -0.2) is 106 Å². The summed E-state index contributed by atoms with van der Waals surface area (Å²) in [5, 5.41) is 5.44. The number of alkyl carbamates (subject to hydrolysis) is 2. The van der Waals surface area contributed by atoms with Gasteiger partial charge in [0.1, 0.15) is 23.7 Å². The first-order valence-corrected chi connectivity index (χ1v) is 22.0. The molecule has 15 nitrogen and oxygen atoms in total. The molecule has 0 bridgehead atoms. The van der Waals surface area contributed by atoms with Gasteiger partial charge in [-0.05, 0) is 96.9 Å². The predicted molar refractivity (Wildman–Crippen MR) is 232 cm³/mol. The van der Waals surface area contributed by atoms with Crippen molar-refractivity contribution in [2.75, 3.05) is 40.5 Å². The van der Waals surface area contributed by atoms with E-state index in [1.807, 2.05) is 38.1 Å². The van der Waals surface area contributed by atoms with Gasteiger partial charge in [0.2, 0.25) is 11.8 Å². The summed E-state index contributed by atoms with van der Waals surface area (Å²) < 4.78 is 48.3. The molecule has 64 heavy (non-hydrogen) atoms. The number of ether oxygens (including phenoxy) is 3. The van der Waals surface area contributed by atoms with Crippen LogP contribution in [0, 0.1) is 11.8 Å². The Bertz CT molecular complexity index is 2600. The molecule has 336 valence electrons. The molecular weight excluding hydrogens is 827 g/mol. The average molecular weight is 879 g/mol. The first-order valence-electron chi connectivity index (χ1n) is 22.0. The highest BCUT2D eigenvalue weighted by Gasteiger charge is 2.45. The number of nitrogens with one attached hydrogen (secondary N) is 4. The standard InChI is InChI=1S/C47H52F2N8O7/c1-25(2)39(54-45(60)62-3)43(58)56-17-5-7-37(56)41-50-24-36(53-41)29-10-13-31-30-12-9-27(21-32(30)47(48,49)33(31)22-29)28-11-14-34-35(23-28)52-42(51-34)38-8-6-18-57(38)44(59)40(55-46(61)63-4)26-15-19-64-20-16-26/h9-14,21-26,37-40H,5-8,15-20H2,1-4H3,(H,50,53)(H,51,52)(H,54,60)(H,55,61)/t37-,38-,39?,40?/m0/s1. The van der Waals surface area contributed by atoms with Crippen LogP contribution in [0.2, 0.25) is 0 Å². The van der Waals surface area contributed by atoms with E-state index in [-0.39, 0.29) is 46.9 Å². The van der Waals surface area contributed by atoms with Crippen molar-refractivity contribution in [3.8, 4) is 33.5 Å². The van der Waals surface area contributed by atoms with Gasteiger partial charge in [-0.15, -0.1) is 0 Å². The average Bonchev–Trinajstić information content (AvgIpc) is 4.17. The van der Waals surface area contributed by atoms with Crippen LogP contribution in [-0.2, 0) is 29.7 Å². The molecule has 2 aromatic heterocycles. The minimum absolute atomic E-state index is 0.0875. The molecule has 3 aliphatic heterocycles. The Kier molecular flexibility index (Phi) is 11.6. The van der Waals surface area contributed by atoms with E-state index in [9.17, 15) is 19.2 Å². The Balaban J connectivity index is 0.932. The maximum atomic E-state index is 16.6. The number of carbonyl (C=O) groups is 4. The van der Waals surface area contributed by atoms with Gasteiger partial charge in [0, 0.05) is 43.0 Å². The normalized spacial score (nSPS) is 20.2. The van der Waals surface area contributed by atoms with E-state index < -0.39 is 30.2 Å². The van der Waals surface area contributed by atoms with Crippen molar-refractivity contribution in [1.82, 2.24) is 40.4 Å². The highest BCUT2D eigenvalue weighted by molar-refractivity contribution is 5.89. The highest BCUT2D eigenvalue weighted by atomic mass is 19.3. The molecule has 3 fully saturated rings. The summed E-state index contributed by atoms with van der Waals surface area (Å²) in [6.07, 6.45) is 4.42. The van der Waals surface area contributed by atoms with E-state index in [4.69, 9.17) is 19.2 Å². The summed E-state index contributed by atoms with van der Waals surface area (Å²) in [5.41, 5.74) is 4.53. The molecule has 0 radical (unpaired) electrons. The van der Waals surface area contributed by atoms with E-state index in [0.29, 0.717) is 103 Å². The summed E-state index contributed by atoms with van der Waals surface area (Å²) in [5.74, 6) is -2.81.